The van der Waals surface area contributed by atoms with Gasteiger partial charge >= 0.3 is 6.11 Å². The summed E-state index contributed by atoms with van der Waals surface area (Å²) in [5.74, 6) is -2.83. The van der Waals surface area contributed by atoms with Crippen LogP contribution in [0.25, 0.3) is 0 Å². The Labute approximate surface area is 230 Å². The second-order valence-electron chi connectivity index (χ2n) is 13.5. The van der Waals surface area contributed by atoms with Crippen LogP contribution in [0.15, 0.2) is 0 Å². The molecule has 4 rings (SSSR count). The zero-order chi connectivity index (χ0) is 28.3. The van der Waals surface area contributed by atoms with Gasteiger partial charge in [-0.25, -0.2) is 22.0 Å². The minimum absolute atomic E-state index is 0.293. The highest BCUT2D eigenvalue weighted by Crippen LogP contribution is 2.51. The van der Waals surface area contributed by atoms with Gasteiger partial charge in [-0.2, -0.15) is 8.78 Å². The highest BCUT2D eigenvalue weighted by Gasteiger charge is 2.57. The van der Waals surface area contributed by atoms with Crippen LogP contribution in [0.2, 0.25) is 0 Å². The van der Waals surface area contributed by atoms with Crippen LogP contribution in [0, 0.1) is 41.4 Å². The topological polar surface area (TPSA) is 9.23 Å². The summed E-state index contributed by atoms with van der Waals surface area (Å²) in [5.41, 5.74) is 0. The van der Waals surface area contributed by atoms with Crippen molar-refractivity contribution in [2.75, 3.05) is 0 Å². The van der Waals surface area contributed by atoms with Crippen molar-refractivity contribution in [1.82, 2.24) is 0 Å². The van der Waals surface area contributed by atoms with E-state index in [0.29, 0.717) is 24.7 Å². The van der Waals surface area contributed by atoms with Gasteiger partial charge in [0.2, 0.25) is 0 Å². The van der Waals surface area contributed by atoms with E-state index in [4.69, 9.17) is 4.74 Å². The van der Waals surface area contributed by atoms with Crippen molar-refractivity contribution in [2.45, 2.75) is 153 Å². The van der Waals surface area contributed by atoms with Crippen LogP contribution in [0.3, 0.4) is 0 Å². The number of rotatable bonds is 9. The second-order valence-corrected chi connectivity index (χ2v) is 13.5. The summed E-state index contributed by atoms with van der Waals surface area (Å²) in [6.07, 6.45) is -4.49. The molecule has 0 saturated heterocycles. The summed E-state index contributed by atoms with van der Waals surface area (Å²) < 4.78 is 108. The fourth-order valence-corrected chi connectivity index (χ4v) is 8.38. The zero-order valence-electron chi connectivity index (χ0n) is 23.7. The first-order chi connectivity index (χ1) is 18.5. The molecule has 39 heavy (non-hydrogen) atoms. The van der Waals surface area contributed by atoms with Crippen LogP contribution in [0.1, 0.15) is 110 Å². The summed E-state index contributed by atoms with van der Waals surface area (Å²) in [7, 11) is 0. The van der Waals surface area contributed by atoms with Crippen LogP contribution in [0.4, 0.5) is 30.7 Å². The smallest absolute Gasteiger partial charge is 0.317 e. The lowest BCUT2D eigenvalue weighted by Gasteiger charge is -2.45. The normalized spacial score (nSPS) is 46.2. The molecular formula is C31H49F7O. The molecule has 1 nitrogen and oxygen atoms in total. The van der Waals surface area contributed by atoms with Crippen molar-refractivity contribution in [3.8, 4) is 0 Å². The van der Waals surface area contributed by atoms with Gasteiger partial charge in [0, 0.05) is 18.8 Å². The average Bonchev–Trinajstić information content (AvgIpc) is 2.87. The Morgan fingerprint density at radius 1 is 0.641 bits per heavy atom. The quantitative estimate of drug-likeness (QED) is 0.198. The van der Waals surface area contributed by atoms with Gasteiger partial charge in [-0.3, -0.25) is 0 Å². The third kappa shape index (κ3) is 7.66. The van der Waals surface area contributed by atoms with Crippen LogP contribution >= 0.6 is 0 Å². The Balaban J connectivity index is 1.26. The van der Waals surface area contributed by atoms with Gasteiger partial charge in [-0.15, -0.1) is 0 Å². The van der Waals surface area contributed by atoms with E-state index in [1.807, 2.05) is 0 Å². The molecule has 4 saturated carbocycles. The lowest BCUT2D eigenvalue weighted by molar-refractivity contribution is -0.323. The van der Waals surface area contributed by atoms with E-state index in [1.54, 1.807) is 0 Å². The molecule has 7 atom stereocenters. The van der Waals surface area contributed by atoms with Crippen molar-refractivity contribution >= 4 is 0 Å². The van der Waals surface area contributed by atoms with Crippen molar-refractivity contribution in [3.63, 3.8) is 0 Å². The summed E-state index contributed by atoms with van der Waals surface area (Å²) in [4.78, 5) is 0. The first-order valence-electron chi connectivity index (χ1n) is 15.8. The largest absolute Gasteiger partial charge is 0.364 e. The van der Waals surface area contributed by atoms with E-state index >= 15 is 13.2 Å². The molecule has 0 amide bonds. The molecule has 0 bridgehead atoms. The number of halogens is 7. The number of alkyl halides is 7. The van der Waals surface area contributed by atoms with E-state index < -0.39 is 79.6 Å². The molecule has 8 heteroatoms. The summed E-state index contributed by atoms with van der Waals surface area (Å²) in [5, 5.41) is 0. The Morgan fingerprint density at radius 2 is 1.21 bits per heavy atom. The van der Waals surface area contributed by atoms with Gasteiger partial charge in [-0.1, -0.05) is 52.4 Å². The van der Waals surface area contributed by atoms with Gasteiger partial charge in [-0.05, 0) is 74.5 Å². The Kier molecular flexibility index (Phi) is 11.0. The van der Waals surface area contributed by atoms with Crippen LogP contribution < -0.4 is 0 Å². The molecule has 4 aliphatic carbocycles. The molecule has 0 heterocycles. The second kappa shape index (κ2) is 13.6. The molecule has 0 spiro atoms. The maximum Gasteiger partial charge on any atom is 0.364 e. The molecule has 0 aliphatic heterocycles. The van der Waals surface area contributed by atoms with Crippen molar-refractivity contribution in [2.24, 2.45) is 41.4 Å². The minimum atomic E-state index is -4.18. The number of hydrogen-bond donors (Lipinski definition) is 0. The van der Waals surface area contributed by atoms with E-state index in [2.05, 4.69) is 6.92 Å². The maximum atomic E-state index is 15.4. The number of unbranched alkanes of at least 4 members (excludes halogenated alkanes) is 2. The van der Waals surface area contributed by atoms with Crippen LogP contribution in [-0.2, 0) is 4.74 Å². The Bertz CT molecular complexity index is 720. The van der Waals surface area contributed by atoms with Gasteiger partial charge in [0.25, 0.3) is 0 Å². The molecule has 0 aromatic heterocycles. The van der Waals surface area contributed by atoms with E-state index in [9.17, 15) is 17.6 Å². The van der Waals surface area contributed by atoms with Crippen molar-refractivity contribution in [3.05, 3.63) is 0 Å². The Hall–Kier alpha value is -0.530. The fraction of sp³-hybridized carbons (Fsp3) is 1.00. The lowest BCUT2D eigenvalue weighted by Crippen LogP contribution is -2.52. The van der Waals surface area contributed by atoms with Crippen molar-refractivity contribution in [1.29, 1.82) is 0 Å². The molecule has 0 aromatic carbocycles. The van der Waals surface area contributed by atoms with E-state index in [1.165, 1.54) is 45.4 Å². The summed E-state index contributed by atoms with van der Waals surface area (Å²) in [6, 6.07) is 0. The van der Waals surface area contributed by atoms with E-state index in [0.717, 1.165) is 25.2 Å². The fourth-order valence-electron chi connectivity index (χ4n) is 8.38. The lowest BCUT2D eigenvalue weighted by atomic mass is 9.63. The maximum absolute atomic E-state index is 15.4. The molecule has 7 unspecified atom stereocenters. The number of hydrogen-bond acceptors (Lipinski definition) is 1. The molecule has 0 N–H and O–H groups in total. The third-order valence-corrected chi connectivity index (χ3v) is 10.9. The van der Waals surface area contributed by atoms with E-state index in [-0.39, 0.29) is 12.8 Å². The average molecular weight is 571 g/mol. The molecule has 228 valence electrons. The molecular weight excluding hydrogens is 521 g/mol. The zero-order valence-corrected chi connectivity index (χ0v) is 23.7. The third-order valence-electron chi connectivity index (χ3n) is 10.9. The molecule has 0 radical (unpaired) electrons. The van der Waals surface area contributed by atoms with Crippen LogP contribution in [-0.4, -0.2) is 43.1 Å². The highest BCUT2D eigenvalue weighted by molar-refractivity contribution is 4.97. The highest BCUT2D eigenvalue weighted by atomic mass is 19.3. The van der Waals surface area contributed by atoms with Crippen molar-refractivity contribution < 1.29 is 35.5 Å². The first-order valence-corrected chi connectivity index (χ1v) is 15.8. The number of ether oxygens (including phenoxy) is 1. The standard InChI is InChI=1S/C31H49F7O/c1-3-4-5-6-19-7-9-20(10-8-19)21-11-12-24(27(34)13-21)22-14-28(35)30(29(36)15-22)31(37,38)39-23-16-25(32)18(2)26(33)17-23/h18-30H,3-17H2,1-2H3. The SMILES string of the molecule is CCCCCC1CCC(C2CCC(C3CC(F)C(C(F)(F)OC4CC(F)C(C)C(F)C4)C(F)C3)C(F)C2)CC1. The van der Waals surface area contributed by atoms with Gasteiger partial charge in [0.15, 0.2) is 0 Å². The van der Waals surface area contributed by atoms with Gasteiger partial charge in [0.1, 0.15) is 36.8 Å². The van der Waals surface area contributed by atoms with Gasteiger partial charge in [0.05, 0.1) is 6.10 Å². The molecule has 0 aromatic rings. The Morgan fingerprint density at radius 3 is 1.77 bits per heavy atom. The van der Waals surface area contributed by atoms with Gasteiger partial charge < -0.3 is 4.74 Å². The first kappa shape index (κ1) is 31.4. The minimum Gasteiger partial charge on any atom is -0.317 e. The monoisotopic (exact) mass is 570 g/mol. The predicted octanol–water partition coefficient (Wildman–Crippen LogP) is 9.91. The summed E-state index contributed by atoms with van der Waals surface area (Å²) >= 11 is 0. The van der Waals surface area contributed by atoms with Crippen LogP contribution in [0.5, 0.6) is 0 Å². The predicted molar refractivity (Wildman–Crippen MR) is 139 cm³/mol. The molecule has 4 aliphatic rings. The molecule has 4 fully saturated rings. The summed E-state index contributed by atoms with van der Waals surface area (Å²) in [6.45, 7) is 3.58.